The van der Waals surface area contributed by atoms with Gasteiger partial charge in [0.25, 0.3) is 0 Å². The maximum atomic E-state index is 9.44. The minimum Gasteiger partial charge on any atom is -0.383 e. The molecular weight excluding hydrogens is 365 g/mol. The molecule has 0 aliphatic heterocycles. The molecule has 0 radical (unpaired) electrons. The predicted molar refractivity (Wildman–Crippen MR) is 99.3 cm³/mol. The van der Waals surface area contributed by atoms with Crippen molar-refractivity contribution < 1.29 is 0 Å². The van der Waals surface area contributed by atoms with Crippen LogP contribution in [0.4, 0.5) is 5.82 Å². The molecule has 3 rings (SSSR count). The van der Waals surface area contributed by atoms with E-state index in [9.17, 15) is 5.26 Å². The molecule has 0 saturated carbocycles. The van der Waals surface area contributed by atoms with Gasteiger partial charge in [-0.15, -0.1) is 0 Å². The van der Waals surface area contributed by atoms with Gasteiger partial charge in [0.05, 0.1) is 15.7 Å². The number of nitrogen functional groups attached to an aromatic ring is 1. The quantitative estimate of drug-likeness (QED) is 0.614. The third-order valence-electron chi connectivity index (χ3n) is 3.51. The normalized spacial score (nSPS) is 10.4. The van der Waals surface area contributed by atoms with Crippen molar-refractivity contribution in [1.29, 1.82) is 5.26 Å². The number of anilines is 1. The zero-order valence-electron chi connectivity index (χ0n) is 12.2. The Hall–Kier alpha value is -2.25. The molecule has 6 heteroatoms. The van der Waals surface area contributed by atoms with Crippen molar-refractivity contribution in [3.05, 3.63) is 69.2 Å². The number of benzene rings is 2. The smallest absolute Gasteiger partial charge is 0.142 e. The Kier molecular flexibility index (Phi) is 4.64. The second-order valence-corrected chi connectivity index (χ2v) is 6.32. The second-order valence-electron chi connectivity index (χ2n) is 5.07. The number of aromatic nitrogens is 1. The van der Waals surface area contributed by atoms with Gasteiger partial charge in [0.1, 0.15) is 17.5 Å². The fourth-order valence-electron chi connectivity index (χ4n) is 2.37. The third-order valence-corrected chi connectivity index (χ3v) is 4.48. The SMILES string of the molecule is N#Cc1c(-c2ccc(Cl)c(Cl)c2)cc(-c2cccc(Cl)c2)nc1N. The van der Waals surface area contributed by atoms with Crippen LogP contribution in [0.5, 0.6) is 0 Å². The highest BCUT2D eigenvalue weighted by Crippen LogP contribution is 2.34. The van der Waals surface area contributed by atoms with E-state index < -0.39 is 0 Å². The molecule has 0 amide bonds. The van der Waals surface area contributed by atoms with Crippen LogP contribution in [0.2, 0.25) is 15.1 Å². The van der Waals surface area contributed by atoms with Crippen molar-refractivity contribution in [2.75, 3.05) is 5.73 Å². The molecule has 0 atom stereocenters. The van der Waals surface area contributed by atoms with Crippen molar-refractivity contribution in [3.8, 4) is 28.5 Å². The van der Waals surface area contributed by atoms with Crippen LogP contribution in [0, 0.1) is 11.3 Å². The van der Waals surface area contributed by atoms with Gasteiger partial charge in [-0.25, -0.2) is 4.98 Å². The van der Waals surface area contributed by atoms with Gasteiger partial charge in [0.15, 0.2) is 0 Å². The van der Waals surface area contributed by atoms with Gasteiger partial charge in [-0.2, -0.15) is 5.26 Å². The van der Waals surface area contributed by atoms with Crippen LogP contribution >= 0.6 is 34.8 Å². The molecule has 0 unspecified atom stereocenters. The van der Waals surface area contributed by atoms with E-state index in [1.165, 1.54) is 0 Å². The van der Waals surface area contributed by atoms with E-state index >= 15 is 0 Å². The maximum Gasteiger partial charge on any atom is 0.142 e. The molecule has 0 fully saturated rings. The Balaban J connectivity index is 2.24. The number of halogens is 3. The molecule has 1 aromatic heterocycles. The fraction of sp³-hybridized carbons (Fsp3) is 0. The third kappa shape index (κ3) is 3.18. The van der Waals surface area contributed by atoms with Crippen molar-refractivity contribution in [2.45, 2.75) is 0 Å². The Morgan fingerprint density at radius 1 is 0.917 bits per heavy atom. The van der Waals surface area contributed by atoms with Gasteiger partial charge < -0.3 is 5.73 Å². The summed E-state index contributed by atoms with van der Waals surface area (Å²) in [5.41, 5.74) is 9.08. The summed E-state index contributed by atoms with van der Waals surface area (Å²) in [5, 5.41) is 10.9. The number of nitrogens with zero attached hydrogens (tertiary/aromatic N) is 2. The predicted octanol–water partition coefficient (Wildman–Crippen LogP) is 5.83. The van der Waals surface area contributed by atoms with E-state index in [-0.39, 0.29) is 5.82 Å². The highest BCUT2D eigenvalue weighted by atomic mass is 35.5. The number of hydrogen-bond donors (Lipinski definition) is 1. The molecule has 3 aromatic rings. The van der Waals surface area contributed by atoms with E-state index in [2.05, 4.69) is 11.1 Å². The van der Waals surface area contributed by atoms with E-state index in [4.69, 9.17) is 40.5 Å². The number of rotatable bonds is 2. The molecule has 0 aliphatic carbocycles. The number of hydrogen-bond acceptors (Lipinski definition) is 3. The van der Waals surface area contributed by atoms with Crippen LogP contribution in [0.25, 0.3) is 22.4 Å². The summed E-state index contributed by atoms with van der Waals surface area (Å²) in [4.78, 5) is 4.32. The topological polar surface area (TPSA) is 62.7 Å². The van der Waals surface area contributed by atoms with Crippen molar-refractivity contribution in [1.82, 2.24) is 4.98 Å². The lowest BCUT2D eigenvalue weighted by Crippen LogP contribution is -1.99. The summed E-state index contributed by atoms with van der Waals surface area (Å²) in [6, 6.07) is 16.3. The van der Waals surface area contributed by atoms with E-state index in [0.717, 1.165) is 11.1 Å². The van der Waals surface area contributed by atoms with Crippen molar-refractivity contribution in [2.24, 2.45) is 0 Å². The van der Waals surface area contributed by atoms with Gasteiger partial charge in [-0.05, 0) is 35.9 Å². The highest BCUT2D eigenvalue weighted by molar-refractivity contribution is 6.42. The van der Waals surface area contributed by atoms with Gasteiger partial charge in [0.2, 0.25) is 0 Å². The summed E-state index contributed by atoms with van der Waals surface area (Å²) >= 11 is 18.1. The first-order chi connectivity index (χ1) is 11.5. The Labute approximate surface area is 154 Å². The maximum absolute atomic E-state index is 9.44. The molecule has 24 heavy (non-hydrogen) atoms. The average molecular weight is 375 g/mol. The summed E-state index contributed by atoms with van der Waals surface area (Å²) in [6.45, 7) is 0. The first kappa shape index (κ1) is 16.6. The minimum atomic E-state index is 0.149. The first-order valence-electron chi connectivity index (χ1n) is 6.91. The summed E-state index contributed by atoms with van der Waals surface area (Å²) < 4.78 is 0. The van der Waals surface area contributed by atoms with E-state index in [0.29, 0.717) is 31.9 Å². The van der Waals surface area contributed by atoms with Crippen LogP contribution in [0.1, 0.15) is 5.56 Å². The standard InChI is InChI=1S/C18H10Cl3N3/c19-12-3-1-2-11(6-12)17-8-13(14(9-22)18(23)24-17)10-4-5-15(20)16(21)7-10/h1-8H,(H2,23,24). The number of nitrogens with two attached hydrogens (primary N) is 1. The summed E-state index contributed by atoms with van der Waals surface area (Å²) in [7, 11) is 0. The van der Waals surface area contributed by atoms with E-state index in [1.807, 2.05) is 12.1 Å². The molecule has 2 N–H and O–H groups in total. The number of pyridine rings is 1. The molecule has 0 saturated heterocycles. The van der Waals surface area contributed by atoms with Gasteiger partial charge in [-0.1, -0.05) is 53.0 Å². The lowest BCUT2D eigenvalue weighted by molar-refractivity contribution is 1.31. The van der Waals surface area contributed by atoms with E-state index in [1.54, 1.807) is 36.4 Å². The minimum absolute atomic E-state index is 0.149. The zero-order chi connectivity index (χ0) is 17.3. The lowest BCUT2D eigenvalue weighted by Gasteiger charge is -2.11. The summed E-state index contributed by atoms with van der Waals surface area (Å²) in [5.74, 6) is 0.149. The Morgan fingerprint density at radius 3 is 2.38 bits per heavy atom. The van der Waals surface area contributed by atoms with Gasteiger partial charge >= 0.3 is 0 Å². The van der Waals surface area contributed by atoms with Crippen LogP contribution in [-0.2, 0) is 0 Å². The first-order valence-corrected chi connectivity index (χ1v) is 8.05. The summed E-state index contributed by atoms with van der Waals surface area (Å²) in [6.07, 6.45) is 0. The Morgan fingerprint density at radius 2 is 1.71 bits per heavy atom. The largest absolute Gasteiger partial charge is 0.383 e. The zero-order valence-corrected chi connectivity index (χ0v) is 14.5. The van der Waals surface area contributed by atoms with Gasteiger partial charge in [0, 0.05) is 16.1 Å². The lowest BCUT2D eigenvalue weighted by atomic mass is 9.98. The molecular formula is C18H10Cl3N3. The number of nitriles is 1. The van der Waals surface area contributed by atoms with Crippen LogP contribution in [0.3, 0.4) is 0 Å². The van der Waals surface area contributed by atoms with Crippen molar-refractivity contribution in [3.63, 3.8) is 0 Å². The highest BCUT2D eigenvalue weighted by Gasteiger charge is 2.14. The molecule has 0 aliphatic rings. The van der Waals surface area contributed by atoms with Crippen LogP contribution in [0.15, 0.2) is 48.5 Å². The Bertz CT molecular complexity index is 978. The van der Waals surface area contributed by atoms with Gasteiger partial charge in [-0.3, -0.25) is 0 Å². The average Bonchev–Trinajstić information content (AvgIpc) is 2.56. The molecule has 0 bridgehead atoms. The van der Waals surface area contributed by atoms with Crippen LogP contribution in [-0.4, -0.2) is 4.98 Å². The monoisotopic (exact) mass is 373 g/mol. The molecule has 0 spiro atoms. The second kappa shape index (κ2) is 6.70. The van der Waals surface area contributed by atoms with Crippen LogP contribution < -0.4 is 5.73 Å². The molecule has 3 nitrogen and oxygen atoms in total. The fourth-order valence-corrected chi connectivity index (χ4v) is 2.86. The molecule has 1 heterocycles. The molecule has 2 aromatic carbocycles. The van der Waals surface area contributed by atoms with Crippen molar-refractivity contribution >= 4 is 40.6 Å². The molecule has 118 valence electrons.